The summed E-state index contributed by atoms with van der Waals surface area (Å²) in [5, 5.41) is 54.6. The molecule has 1 amide bonds. The second kappa shape index (κ2) is 46.6. The summed E-state index contributed by atoms with van der Waals surface area (Å²) in [5.74, 6) is -0.141. The van der Waals surface area contributed by atoms with Crippen LogP contribution in [0.25, 0.3) is 0 Å². The number of aliphatic hydroxyl groups excluding tert-OH is 5. The van der Waals surface area contributed by atoms with Crippen LogP contribution in [0.15, 0.2) is 12.2 Å². The van der Waals surface area contributed by atoms with Gasteiger partial charge < -0.3 is 40.3 Å². The maximum absolute atomic E-state index is 13.0. The van der Waals surface area contributed by atoms with Crippen molar-refractivity contribution >= 4 is 5.91 Å². The van der Waals surface area contributed by atoms with E-state index in [2.05, 4.69) is 31.3 Å². The van der Waals surface area contributed by atoms with Gasteiger partial charge in [-0.3, -0.25) is 4.79 Å². The minimum atomic E-state index is -1.55. The Hall–Kier alpha value is -1.07. The van der Waals surface area contributed by atoms with E-state index in [0.717, 1.165) is 38.5 Å². The van der Waals surface area contributed by atoms with Crippen molar-refractivity contribution in [2.75, 3.05) is 13.2 Å². The molecule has 0 radical (unpaired) electrons. The number of hydrogen-bond donors (Lipinski definition) is 6. The highest BCUT2D eigenvalue weighted by Gasteiger charge is 2.44. The Balaban J connectivity index is 2.15. The molecule has 6 N–H and O–H groups in total. The van der Waals surface area contributed by atoms with Crippen LogP contribution in [0.5, 0.6) is 0 Å². The van der Waals surface area contributed by atoms with Gasteiger partial charge in [-0.25, -0.2) is 0 Å². The van der Waals surface area contributed by atoms with E-state index in [-0.39, 0.29) is 12.5 Å². The van der Waals surface area contributed by atoms with Crippen molar-refractivity contribution in [3.63, 3.8) is 0 Å². The number of allylic oxidation sites excluding steroid dienone is 2. The minimum Gasteiger partial charge on any atom is -0.394 e. The molecule has 7 atom stereocenters. The van der Waals surface area contributed by atoms with Crippen LogP contribution in [0.2, 0.25) is 0 Å². The Morgan fingerprint density at radius 3 is 1.25 bits per heavy atom. The third-order valence-electron chi connectivity index (χ3n) is 13.9. The van der Waals surface area contributed by atoms with Gasteiger partial charge in [0, 0.05) is 6.42 Å². The molecule has 0 aromatic carbocycles. The summed E-state index contributed by atoms with van der Waals surface area (Å²) in [6.45, 7) is 3.87. The molecule has 7 unspecified atom stereocenters. The third-order valence-corrected chi connectivity index (χ3v) is 13.9. The predicted octanol–water partition coefficient (Wildman–Crippen LogP) is 13.6. The van der Waals surface area contributed by atoms with Gasteiger partial charge in [-0.1, -0.05) is 251 Å². The molecule has 65 heavy (non-hydrogen) atoms. The van der Waals surface area contributed by atoms with E-state index < -0.39 is 49.5 Å². The second-order valence-electron chi connectivity index (χ2n) is 20.1. The van der Waals surface area contributed by atoms with Crippen molar-refractivity contribution in [2.24, 2.45) is 0 Å². The normalized spacial score (nSPS) is 19.9. The largest absolute Gasteiger partial charge is 0.394 e. The molecule has 0 spiro atoms. The highest BCUT2D eigenvalue weighted by Crippen LogP contribution is 2.23. The first kappa shape index (κ1) is 61.9. The average Bonchev–Trinajstić information content (AvgIpc) is 3.31. The molecule has 9 heteroatoms. The fraction of sp³-hybridized carbons (Fsp3) is 0.946. The molecule has 0 saturated carbocycles. The molecule has 1 heterocycles. The van der Waals surface area contributed by atoms with Crippen molar-refractivity contribution < 1.29 is 39.8 Å². The van der Waals surface area contributed by atoms with E-state index in [9.17, 15) is 30.3 Å². The Morgan fingerprint density at radius 1 is 0.508 bits per heavy atom. The van der Waals surface area contributed by atoms with Crippen LogP contribution in [-0.4, -0.2) is 87.5 Å². The van der Waals surface area contributed by atoms with Gasteiger partial charge in [0.1, 0.15) is 24.4 Å². The number of carbonyl (C=O) groups excluding carboxylic acids is 1. The van der Waals surface area contributed by atoms with E-state index in [1.54, 1.807) is 0 Å². The molecule has 1 rings (SSSR count). The predicted molar refractivity (Wildman–Crippen MR) is 272 cm³/mol. The summed E-state index contributed by atoms with van der Waals surface area (Å²) in [6, 6.07) is -0.715. The van der Waals surface area contributed by atoms with Gasteiger partial charge in [0.2, 0.25) is 5.91 Å². The lowest BCUT2D eigenvalue weighted by molar-refractivity contribution is -0.302. The fourth-order valence-corrected chi connectivity index (χ4v) is 9.34. The molecule has 1 fully saturated rings. The summed E-state index contributed by atoms with van der Waals surface area (Å²) >= 11 is 0. The molecule has 386 valence electrons. The number of amides is 1. The standard InChI is InChI=1S/C56H109NO8/c1-3-5-7-9-11-13-15-17-19-20-21-22-23-24-25-26-27-28-29-30-31-32-34-36-38-40-42-44-46-52(60)57-49(48-64-56-55(63)54(62)53(61)51(47-58)65-56)50(59)45-43-41-39-37-35-33-18-16-14-12-10-8-6-4-2/h24-25,49-51,53-56,58-59,61-63H,3-23,26-48H2,1-2H3,(H,57,60)/b25-24-. The van der Waals surface area contributed by atoms with Gasteiger partial charge >= 0.3 is 0 Å². The van der Waals surface area contributed by atoms with Crippen LogP contribution in [0.1, 0.15) is 284 Å². The quantitative estimate of drug-likeness (QED) is 0.0261. The SMILES string of the molecule is CCCCCCCCCCCCCC/C=C\CCCCCCCCCCCCCCC(=O)NC(COC1OC(CO)C(O)C(O)C1O)C(O)CCCCCCCCCCCCCCCC. The molecule has 0 aliphatic carbocycles. The lowest BCUT2D eigenvalue weighted by atomic mass is 9.99. The molecule has 0 bridgehead atoms. The van der Waals surface area contributed by atoms with E-state index >= 15 is 0 Å². The maximum atomic E-state index is 13.0. The highest BCUT2D eigenvalue weighted by molar-refractivity contribution is 5.76. The smallest absolute Gasteiger partial charge is 0.220 e. The Morgan fingerprint density at radius 2 is 0.862 bits per heavy atom. The first-order valence-corrected chi connectivity index (χ1v) is 28.4. The van der Waals surface area contributed by atoms with Crippen LogP contribution in [0.4, 0.5) is 0 Å². The number of carbonyl (C=O) groups is 1. The van der Waals surface area contributed by atoms with Crippen molar-refractivity contribution in [1.82, 2.24) is 5.32 Å². The zero-order valence-corrected chi connectivity index (χ0v) is 42.8. The summed E-state index contributed by atoms with van der Waals surface area (Å²) in [7, 11) is 0. The molecule has 0 aromatic heterocycles. The first-order chi connectivity index (χ1) is 31.8. The molecule has 0 aromatic rings. The van der Waals surface area contributed by atoms with Crippen molar-refractivity contribution in [2.45, 2.75) is 326 Å². The van der Waals surface area contributed by atoms with E-state index in [1.165, 1.54) is 218 Å². The third kappa shape index (κ3) is 36.6. The number of ether oxygens (including phenoxy) is 2. The summed E-state index contributed by atoms with van der Waals surface area (Å²) in [6.07, 6.45) is 49.6. The van der Waals surface area contributed by atoms with Crippen LogP contribution < -0.4 is 5.32 Å². The van der Waals surface area contributed by atoms with Crippen LogP contribution in [0.3, 0.4) is 0 Å². The fourth-order valence-electron chi connectivity index (χ4n) is 9.34. The lowest BCUT2D eigenvalue weighted by Crippen LogP contribution is -2.60. The Bertz CT molecular complexity index is 1030. The van der Waals surface area contributed by atoms with Gasteiger partial charge in [0.15, 0.2) is 6.29 Å². The summed E-state index contributed by atoms with van der Waals surface area (Å²) in [4.78, 5) is 13.0. The number of rotatable bonds is 49. The van der Waals surface area contributed by atoms with Gasteiger partial charge in [-0.15, -0.1) is 0 Å². The number of nitrogens with one attached hydrogen (secondary N) is 1. The van der Waals surface area contributed by atoms with Gasteiger partial charge in [0.25, 0.3) is 0 Å². The number of hydrogen-bond acceptors (Lipinski definition) is 8. The van der Waals surface area contributed by atoms with E-state index in [1.807, 2.05) is 0 Å². The van der Waals surface area contributed by atoms with Gasteiger partial charge in [-0.2, -0.15) is 0 Å². The Labute approximate surface area is 401 Å². The topological polar surface area (TPSA) is 149 Å². The molecule has 1 aliphatic heterocycles. The molecule has 1 saturated heterocycles. The zero-order chi connectivity index (χ0) is 47.3. The summed E-state index contributed by atoms with van der Waals surface area (Å²) < 4.78 is 11.3. The lowest BCUT2D eigenvalue weighted by Gasteiger charge is -2.40. The first-order valence-electron chi connectivity index (χ1n) is 28.4. The van der Waals surface area contributed by atoms with Crippen molar-refractivity contribution in [3.8, 4) is 0 Å². The van der Waals surface area contributed by atoms with Crippen molar-refractivity contribution in [3.05, 3.63) is 12.2 Å². The molecule has 1 aliphatic rings. The number of unbranched alkanes of at least 4 members (excludes halogenated alkanes) is 37. The van der Waals surface area contributed by atoms with E-state index in [0.29, 0.717) is 12.8 Å². The molecule has 9 nitrogen and oxygen atoms in total. The van der Waals surface area contributed by atoms with Crippen LogP contribution in [0, 0.1) is 0 Å². The highest BCUT2D eigenvalue weighted by atomic mass is 16.7. The number of aliphatic hydroxyl groups is 5. The average molecular weight is 924 g/mol. The maximum Gasteiger partial charge on any atom is 0.220 e. The molecular formula is C56H109NO8. The van der Waals surface area contributed by atoms with Crippen LogP contribution >= 0.6 is 0 Å². The zero-order valence-electron chi connectivity index (χ0n) is 42.8. The van der Waals surface area contributed by atoms with Crippen molar-refractivity contribution in [1.29, 1.82) is 0 Å². The minimum absolute atomic E-state index is 0.134. The van der Waals surface area contributed by atoms with Gasteiger partial charge in [0.05, 0.1) is 25.4 Å². The monoisotopic (exact) mass is 924 g/mol. The van der Waals surface area contributed by atoms with E-state index in [4.69, 9.17) is 9.47 Å². The summed E-state index contributed by atoms with van der Waals surface area (Å²) in [5.41, 5.74) is 0. The molecular weight excluding hydrogens is 815 g/mol. The second-order valence-corrected chi connectivity index (χ2v) is 20.1. The van der Waals surface area contributed by atoms with Crippen LogP contribution in [-0.2, 0) is 14.3 Å². The Kier molecular flexibility index (Phi) is 44.5. The van der Waals surface area contributed by atoms with Gasteiger partial charge in [-0.05, 0) is 38.5 Å².